The predicted molar refractivity (Wildman–Crippen MR) is 57.0 cm³/mol. The number of carbonyl (C=O) groups excluding carboxylic acids is 1. The van der Waals surface area contributed by atoms with E-state index < -0.39 is 0 Å². The standard InChI is InChI=1S/C10H13N5O/c1-7(2)15-4-3-8(14-15)5-9(16)10-11-6-12-13-10/h3-4,6-7H,5H2,1-2H3,(H,11,12,13). The number of carbonyl (C=O) groups is 1. The van der Waals surface area contributed by atoms with Crippen LogP contribution in [0.2, 0.25) is 0 Å². The Morgan fingerprint density at radius 1 is 1.56 bits per heavy atom. The molecule has 84 valence electrons. The molecule has 0 saturated heterocycles. The zero-order valence-corrected chi connectivity index (χ0v) is 9.21. The molecule has 0 unspecified atom stereocenters. The van der Waals surface area contributed by atoms with Gasteiger partial charge in [-0.3, -0.25) is 14.6 Å². The Balaban J connectivity index is 2.07. The first-order chi connectivity index (χ1) is 7.66. The minimum absolute atomic E-state index is 0.105. The van der Waals surface area contributed by atoms with Crippen molar-refractivity contribution in [3.05, 3.63) is 30.1 Å². The van der Waals surface area contributed by atoms with Gasteiger partial charge in [0.05, 0.1) is 12.1 Å². The van der Waals surface area contributed by atoms with Crippen molar-refractivity contribution >= 4 is 5.78 Å². The number of nitrogens with zero attached hydrogens (tertiary/aromatic N) is 4. The Labute approximate surface area is 92.7 Å². The summed E-state index contributed by atoms with van der Waals surface area (Å²) >= 11 is 0. The second-order valence-electron chi connectivity index (χ2n) is 3.81. The predicted octanol–water partition coefficient (Wildman–Crippen LogP) is 1.01. The minimum atomic E-state index is -0.105. The highest BCUT2D eigenvalue weighted by molar-refractivity contribution is 5.93. The van der Waals surface area contributed by atoms with Crippen LogP contribution in [0.5, 0.6) is 0 Å². The summed E-state index contributed by atoms with van der Waals surface area (Å²) in [7, 11) is 0. The third-order valence-electron chi connectivity index (χ3n) is 2.21. The fourth-order valence-electron chi connectivity index (χ4n) is 1.35. The van der Waals surface area contributed by atoms with Crippen molar-refractivity contribution in [3.8, 4) is 0 Å². The van der Waals surface area contributed by atoms with Crippen molar-refractivity contribution in [1.82, 2.24) is 25.0 Å². The lowest BCUT2D eigenvalue weighted by Crippen LogP contribution is -2.08. The average Bonchev–Trinajstić information content (AvgIpc) is 2.87. The number of aromatic nitrogens is 5. The summed E-state index contributed by atoms with van der Waals surface area (Å²) in [6.45, 7) is 4.07. The van der Waals surface area contributed by atoms with Gasteiger partial charge in [0, 0.05) is 12.2 Å². The van der Waals surface area contributed by atoms with E-state index in [4.69, 9.17) is 0 Å². The lowest BCUT2D eigenvalue weighted by molar-refractivity contribution is 0.0982. The molecule has 0 aliphatic heterocycles. The first kappa shape index (κ1) is 10.5. The van der Waals surface area contributed by atoms with E-state index in [1.165, 1.54) is 6.33 Å². The van der Waals surface area contributed by atoms with Crippen LogP contribution in [-0.2, 0) is 6.42 Å². The number of aromatic amines is 1. The normalized spacial score (nSPS) is 10.9. The Kier molecular flexibility index (Phi) is 2.80. The van der Waals surface area contributed by atoms with Crippen LogP contribution < -0.4 is 0 Å². The lowest BCUT2D eigenvalue weighted by Gasteiger charge is -2.03. The Morgan fingerprint density at radius 2 is 2.38 bits per heavy atom. The van der Waals surface area contributed by atoms with Gasteiger partial charge in [-0.2, -0.15) is 10.2 Å². The van der Waals surface area contributed by atoms with Crippen LogP contribution in [-0.4, -0.2) is 30.7 Å². The van der Waals surface area contributed by atoms with E-state index in [1.54, 1.807) is 0 Å². The summed E-state index contributed by atoms with van der Waals surface area (Å²) in [5.41, 5.74) is 0.745. The first-order valence-corrected chi connectivity index (χ1v) is 5.09. The summed E-state index contributed by atoms with van der Waals surface area (Å²) in [6.07, 6.45) is 3.43. The van der Waals surface area contributed by atoms with Gasteiger partial charge < -0.3 is 0 Å². The van der Waals surface area contributed by atoms with Gasteiger partial charge >= 0.3 is 0 Å². The van der Waals surface area contributed by atoms with Crippen molar-refractivity contribution in [2.45, 2.75) is 26.3 Å². The van der Waals surface area contributed by atoms with E-state index in [9.17, 15) is 4.79 Å². The van der Waals surface area contributed by atoms with Crippen LogP contribution in [0.15, 0.2) is 18.6 Å². The molecule has 0 saturated carbocycles. The Hall–Kier alpha value is -1.98. The SMILES string of the molecule is CC(C)n1ccc(CC(=O)c2ncn[nH]2)n1. The molecule has 0 bridgehead atoms. The zero-order valence-electron chi connectivity index (χ0n) is 9.21. The first-order valence-electron chi connectivity index (χ1n) is 5.09. The lowest BCUT2D eigenvalue weighted by atomic mass is 10.2. The highest BCUT2D eigenvalue weighted by atomic mass is 16.1. The van der Waals surface area contributed by atoms with Crippen molar-refractivity contribution in [3.63, 3.8) is 0 Å². The van der Waals surface area contributed by atoms with Crippen LogP contribution in [0.4, 0.5) is 0 Å². The molecule has 0 spiro atoms. The maximum Gasteiger partial charge on any atom is 0.205 e. The van der Waals surface area contributed by atoms with Gasteiger partial charge in [-0.1, -0.05) is 0 Å². The number of hydrogen-bond donors (Lipinski definition) is 1. The maximum absolute atomic E-state index is 11.7. The number of hydrogen-bond acceptors (Lipinski definition) is 4. The van der Waals surface area contributed by atoms with E-state index in [-0.39, 0.29) is 18.0 Å². The third kappa shape index (κ3) is 2.16. The van der Waals surface area contributed by atoms with Crippen molar-refractivity contribution in [2.24, 2.45) is 0 Å². The molecule has 6 heteroatoms. The van der Waals surface area contributed by atoms with Crippen LogP contribution in [0.3, 0.4) is 0 Å². The highest BCUT2D eigenvalue weighted by Gasteiger charge is 2.12. The molecule has 2 heterocycles. The van der Waals surface area contributed by atoms with Gasteiger partial charge in [0.2, 0.25) is 5.78 Å². The van der Waals surface area contributed by atoms with Crippen molar-refractivity contribution in [1.29, 1.82) is 0 Å². The summed E-state index contributed by atoms with van der Waals surface area (Å²) in [6, 6.07) is 2.14. The van der Waals surface area contributed by atoms with Gasteiger partial charge in [-0.05, 0) is 19.9 Å². The maximum atomic E-state index is 11.7. The fraction of sp³-hybridized carbons (Fsp3) is 0.400. The second kappa shape index (κ2) is 4.26. The molecule has 0 radical (unpaired) electrons. The van der Waals surface area contributed by atoms with Crippen LogP contribution in [0.25, 0.3) is 0 Å². The largest absolute Gasteiger partial charge is 0.290 e. The van der Waals surface area contributed by atoms with E-state index >= 15 is 0 Å². The molecule has 0 fully saturated rings. The monoisotopic (exact) mass is 219 g/mol. The molecule has 0 atom stereocenters. The van der Waals surface area contributed by atoms with E-state index in [1.807, 2.05) is 30.8 Å². The average molecular weight is 219 g/mol. The van der Waals surface area contributed by atoms with Gasteiger partial charge in [0.25, 0.3) is 0 Å². The molecule has 2 aromatic heterocycles. The van der Waals surface area contributed by atoms with Crippen molar-refractivity contribution < 1.29 is 4.79 Å². The molecule has 16 heavy (non-hydrogen) atoms. The smallest absolute Gasteiger partial charge is 0.205 e. The second-order valence-corrected chi connectivity index (χ2v) is 3.81. The molecule has 2 aromatic rings. The summed E-state index contributed by atoms with van der Waals surface area (Å²) < 4.78 is 1.82. The summed E-state index contributed by atoms with van der Waals surface area (Å²) in [5.74, 6) is 0.172. The minimum Gasteiger partial charge on any atom is -0.290 e. The quantitative estimate of drug-likeness (QED) is 0.778. The van der Waals surface area contributed by atoms with Crippen LogP contribution in [0, 0.1) is 0 Å². The Morgan fingerprint density at radius 3 is 2.94 bits per heavy atom. The van der Waals surface area contributed by atoms with Gasteiger partial charge in [0.1, 0.15) is 6.33 Å². The topological polar surface area (TPSA) is 76.5 Å². The number of Topliss-reactive ketones (excluding diaryl/α,β-unsaturated/α-hetero) is 1. The zero-order chi connectivity index (χ0) is 11.5. The number of H-pyrrole nitrogens is 1. The van der Waals surface area contributed by atoms with E-state index in [0.717, 1.165) is 5.69 Å². The Bertz CT molecular complexity index is 471. The van der Waals surface area contributed by atoms with E-state index in [0.29, 0.717) is 6.04 Å². The third-order valence-corrected chi connectivity index (χ3v) is 2.21. The van der Waals surface area contributed by atoms with Crippen molar-refractivity contribution in [2.75, 3.05) is 0 Å². The summed E-state index contributed by atoms with van der Waals surface area (Å²) in [4.78, 5) is 15.5. The molecule has 1 N–H and O–H groups in total. The van der Waals surface area contributed by atoms with Gasteiger partial charge in [0.15, 0.2) is 5.82 Å². The highest BCUT2D eigenvalue weighted by Crippen LogP contribution is 2.06. The molecule has 0 aliphatic rings. The molecule has 0 aliphatic carbocycles. The van der Waals surface area contributed by atoms with Gasteiger partial charge in [-0.25, -0.2) is 4.98 Å². The molecule has 6 nitrogen and oxygen atoms in total. The molecule has 0 aromatic carbocycles. The molecular formula is C10H13N5O. The number of ketones is 1. The van der Waals surface area contributed by atoms with Gasteiger partial charge in [-0.15, -0.1) is 0 Å². The van der Waals surface area contributed by atoms with E-state index in [2.05, 4.69) is 20.3 Å². The number of nitrogens with one attached hydrogen (secondary N) is 1. The number of rotatable bonds is 4. The molecule has 0 amide bonds. The molecular weight excluding hydrogens is 206 g/mol. The molecule has 2 rings (SSSR count). The van der Waals surface area contributed by atoms with Crippen LogP contribution in [0.1, 0.15) is 36.2 Å². The summed E-state index contributed by atoms with van der Waals surface area (Å²) in [5, 5.41) is 10.5. The fourth-order valence-corrected chi connectivity index (χ4v) is 1.35. The van der Waals surface area contributed by atoms with Crippen LogP contribution >= 0.6 is 0 Å².